The van der Waals surface area contributed by atoms with E-state index in [9.17, 15) is 5.11 Å². The van der Waals surface area contributed by atoms with Crippen molar-refractivity contribution in [1.82, 2.24) is 0 Å². The molecular formula is C23H26O3Si. The first kappa shape index (κ1) is 19.0. The molecule has 0 atom stereocenters. The molecule has 4 heteroatoms. The van der Waals surface area contributed by atoms with Crippen LogP contribution in [0.3, 0.4) is 0 Å². The molecule has 1 N–H and O–H groups in total. The van der Waals surface area contributed by atoms with E-state index in [1.807, 2.05) is 18.2 Å². The van der Waals surface area contributed by atoms with E-state index < -0.39 is 8.32 Å². The van der Waals surface area contributed by atoms with Crippen molar-refractivity contribution in [3.8, 4) is 17.2 Å². The zero-order chi connectivity index (χ0) is 19.5. The standard InChI is InChI=1S/C23H26O3Si/c1-23(2,3)27(21-11-7-5-8-12-21,22-13-9-6-10-14-22)26-20-16-18(24)15-19(17-20)25-4/h5-17,24H,1-4H3. The van der Waals surface area contributed by atoms with Gasteiger partial charge >= 0.3 is 8.32 Å². The van der Waals surface area contributed by atoms with Gasteiger partial charge < -0.3 is 14.3 Å². The van der Waals surface area contributed by atoms with Crippen molar-refractivity contribution in [2.24, 2.45) is 0 Å². The van der Waals surface area contributed by atoms with Crippen LogP contribution in [0.25, 0.3) is 0 Å². The van der Waals surface area contributed by atoms with Crippen LogP contribution in [-0.2, 0) is 0 Å². The predicted octanol–water partition coefficient (Wildman–Crippen LogP) is 4.34. The smallest absolute Gasteiger partial charge is 0.319 e. The molecule has 140 valence electrons. The number of rotatable bonds is 5. The highest BCUT2D eigenvalue weighted by molar-refractivity contribution is 7.00. The van der Waals surface area contributed by atoms with Gasteiger partial charge in [0.15, 0.2) is 0 Å². The van der Waals surface area contributed by atoms with Crippen molar-refractivity contribution in [3.05, 3.63) is 78.9 Å². The number of aromatic hydroxyl groups is 1. The van der Waals surface area contributed by atoms with Crippen molar-refractivity contribution in [2.45, 2.75) is 25.8 Å². The molecule has 27 heavy (non-hydrogen) atoms. The molecule has 0 unspecified atom stereocenters. The molecule has 0 radical (unpaired) electrons. The highest BCUT2D eigenvalue weighted by Gasteiger charge is 2.52. The molecule has 0 heterocycles. The van der Waals surface area contributed by atoms with Crippen molar-refractivity contribution in [2.75, 3.05) is 7.11 Å². The Morgan fingerprint density at radius 2 is 1.22 bits per heavy atom. The molecule has 3 aromatic carbocycles. The Morgan fingerprint density at radius 3 is 1.67 bits per heavy atom. The maximum Gasteiger partial charge on any atom is 0.319 e. The highest BCUT2D eigenvalue weighted by atomic mass is 28.4. The second-order valence-corrected chi connectivity index (χ2v) is 11.9. The lowest BCUT2D eigenvalue weighted by molar-refractivity contribution is 0.402. The summed E-state index contributed by atoms with van der Waals surface area (Å²) in [4.78, 5) is 0. The SMILES string of the molecule is COc1cc(O)cc(O[Si](c2ccccc2)(c2ccccc2)C(C)(C)C)c1. The molecule has 3 rings (SSSR count). The van der Waals surface area contributed by atoms with Crippen molar-refractivity contribution < 1.29 is 14.3 Å². The number of phenolic OH excluding ortho intramolecular Hbond substituents is 1. The van der Waals surface area contributed by atoms with Crippen LogP contribution in [0.5, 0.6) is 17.2 Å². The Morgan fingerprint density at radius 1 is 0.741 bits per heavy atom. The lowest BCUT2D eigenvalue weighted by atomic mass is 10.2. The van der Waals surface area contributed by atoms with Gasteiger partial charge in [-0.1, -0.05) is 81.4 Å². The molecule has 0 spiro atoms. The third-order valence-corrected chi connectivity index (χ3v) is 9.74. The lowest BCUT2D eigenvalue weighted by Crippen LogP contribution is -2.68. The van der Waals surface area contributed by atoms with Gasteiger partial charge in [-0.25, -0.2) is 0 Å². The summed E-state index contributed by atoms with van der Waals surface area (Å²) in [6.45, 7) is 6.66. The minimum Gasteiger partial charge on any atom is -0.534 e. The second kappa shape index (κ2) is 7.49. The molecule has 0 amide bonds. The Bertz CT molecular complexity index is 847. The van der Waals surface area contributed by atoms with Gasteiger partial charge in [-0.15, -0.1) is 0 Å². The van der Waals surface area contributed by atoms with Gasteiger partial charge in [0.05, 0.1) is 7.11 Å². The van der Waals surface area contributed by atoms with Crippen molar-refractivity contribution in [1.29, 1.82) is 0 Å². The first-order valence-electron chi connectivity index (χ1n) is 9.05. The molecule has 3 nitrogen and oxygen atoms in total. The van der Waals surface area contributed by atoms with Gasteiger partial charge in [0.2, 0.25) is 0 Å². The summed E-state index contributed by atoms with van der Waals surface area (Å²) < 4.78 is 12.2. The van der Waals surface area contributed by atoms with E-state index in [-0.39, 0.29) is 10.8 Å². The molecule has 0 aromatic heterocycles. The van der Waals surface area contributed by atoms with Gasteiger partial charge in [0.25, 0.3) is 0 Å². The van der Waals surface area contributed by atoms with Crippen molar-refractivity contribution >= 4 is 18.7 Å². The van der Waals surface area contributed by atoms with E-state index in [2.05, 4.69) is 69.3 Å². The third-order valence-electron chi connectivity index (χ3n) is 4.79. The molecule has 0 aliphatic heterocycles. The summed E-state index contributed by atoms with van der Waals surface area (Å²) in [5.41, 5.74) is 0. The molecule has 0 aliphatic carbocycles. The predicted molar refractivity (Wildman–Crippen MR) is 113 cm³/mol. The van der Waals surface area contributed by atoms with Crippen LogP contribution in [0.4, 0.5) is 0 Å². The number of methoxy groups -OCH3 is 1. The third kappa shape index (κ3) is 3.71. The molecule has 0 fully saturated rings. The quantitative estimate of drug-likeness (QED) is 0.671. The van der Waals surface area contributed by atoms with E-state index >= 15 is 0 Å². The van der Waals surface area contributed by atoms with Crippen LogP contribution >= 0.6 is 0 Å². The summed E-state index contributed by atoms with van der Waals surface area (Å²) in [6, 6.07) is 25.9. The molecule has 0 bridgehead atoms. The van der Waals surface area contributed by atoms with Gasteiger partial charge in [-0.3, -0.25) is 0 Å². The number of hydrogen-bond donors (Lipinski definition) is 1. The van der Waals surface area contributed by atoms with E-state index in [1.54, 1.807) is 19.2 Å². The lowest BCUT2D eigenvalue weighted by Gasteiger charge is -2.43. The average molecular weight is 379 g/mol. The van der Waals surface area contributed by atoms with Gasteiger partial charge in [-0.2, -0.15) is 0 Å². The largest absolute Gasteiger partial charge is 0.534 e. The van der Waals surface area contributed by atoms with Crippen LogP contribution < -0.4 is 19.5 Å². The fourth-order valence-corrected chi connectivity index (χ4v) is 7.96. The fourth-order valence-electron chi connectivity index (χ4n) is 3.56. The minimum absolute atomic E-state index is 0.127. The first-order valence-corrected chi connectivity index (χ1v) is 11.0. The zero-order valence-electron chi connectivity index (χ0n) is 16.3. The maximum absolute atomic E-state index is 10.1. The van der Waals surface area contributed by atoms with Gasteiger partial charge in [0.1, 0.15) is 17.2 Å². The van der Waals surface area contributed by atoms with Crippen LogP contribution in [0.15, 0.2) is 78.9 Å². The van der Waals surface area contributed by atoms with E-state index in [4.69, 9.17) is 9.16 Å². The number of benzene rings is 3. The van der Waals surface area contributed by atoms with Gasteiger partial charge in [0, 0.05) is 18.2 Å². The Kier molecular flexibility index (Phi) is 5.28. The van der Waals surface area contributed by atoms with Crippen LogP contribution in [0.1, 0.15) is 20.8 Å². The molecule has 0 aliphatic rings. The van der Waals surface area contributed by atoms with E-state index in [0.29, 0.717) is 11.5 Å². The number of phenols is 1. The monoisotopic (exact) mass is 378 g/mol. The summed E-state index contributed by atoms with van der Waals surface area (Å²) in [5, 5.41) is 12.3. The summed E-state index contributed by atoms with van der Waals surface area (Å²) in [7, 11) is -1.13. The van der Waals surface area contributed by atoms with Crippen LogP contribution in [-0.4, -0.2) is 20.5 Å². The Hall–Kier alpha value is -2.72. The van der Waals surface area contributed by atoms with Crippen molar-refractivity contribution in [3.63, 3.8) is 0 Å². The normalized spacial score (nSPS) is 11.9. The molecule has 3 aromatic rings. The van der Waals surface area contributed by atoms with Crippen LogP contribution in [0.2, 0.25) is 5.04 Å². The van der Waals surface area contributed by atoms with E-state index in [1.165, 1.54) is 10.4 Å². The number of ether oxygens (including phenoxy) is 1. The summed E-state index contributed by atoms with van der Waals surface area (Å²) in [6.07, 6.45) is 0. The first-order chi connectivity index (χ1) is 12.9. The maximum atomic E-state index is 10.1. The average Bonchev–Trinajstić information content (AvgIpc) is 2.66. The summed E-state index contributed by atoms with van der Waals surface area (Å²) in [5.74, 6) is 1.31. The zero-order valence-corrected chi connectivity index (χ0v) is 17.3. The Balaban J connectivity index is 2.26. The molecule has 0 saturated carbocycles. The van der Waals surface area contributed by atoms with Crippen LogP contribution in [0, 0.1) is 0 Å². The second-order valence-electron chi connectivity index (χ2n) is 7.63. The number of hydrogen-bond acceptors (Lipinski definition) is 3. The topological polar surface area (TPSA) is 38.7 Å². The summed E-state index contributed by atoms with van der Waals surface area (Å²) >= 11 is 0. The van der Waals surface area contributed by atoms with Gasteiger partial charge in [-0.05, 0) is 15.4 Å². The molecule has 0 saturated heterocycles. The molecular weight excluding hydrogens is 352 g/mol. The minimum atomic E-state index is -2.72. The Labute approximate surface area is 162 Å². The fraction of sp³-hybridized carbons (Fsp3) is 0.217. The van der Waals surface area contributed by atoms with E-state index in [0.717, 1.165) is 0 Å². The highest BCUT2D eigenvalue weighted by Crippen LogP contribution is 2.39.